The molecule has 0 radical (unpaired) electrons. The molecule has 0 spiro atoms. The van der Waals surface area contributed by atoms with Gasteiger partial charge in [-0.25, -0.2) is 0 Å². The zero-order valence-corrected chi connectivity index (χ0v) is 15.7. The molecule has 25 heavy (non-hydrogen) atoms. The smallest absolute Gasteiger partial charge is 0.115 e. The van der Waals surface area contributed by atoms with Crippen molar-refractivity contribution in [1.29, 1.82) is 0 Å². The quantitative estimate of drug-likeness (QED) is 0.637. The maximum Gasteiger partial charge on any atom is 0.115 e. The van der Waals surface area contributed by atoms with Crippen molar-refractivity contribution in [3.05, 3.63) is 29.8 Å². The average Bonchev–Trinajstić information content (AvgIpc) is 2.53. The molecule has 2 nitrogen and oxygen atoms in total. The van der Waals surface area contributed by atoms with Crippen LogP contribution in [0.4, 0.5) is 0 Å². The molecule has 4 saturated carbocycles. The third-order valence-corrected chi connectivity index (χ3v) is 7.45. The normalized spacial score (nSPS) is 37.4. The first-order valence-electron chi connectivity index (χ1n) is 10.5. The summed E-state index contributed by atoms with van der Waals surface area (Å²) in [7, 11) is 0. The summed E-state index contributed by atoms with van der Waals surface area (Å²) >= 11 is 0. The molecular formula is C23H34O2. The lowest BCUT2D eigenvalue weighted by molar-refractivity contribution is -0.0929. The van der Waals surface area contributed by atoms with E-state index < -0.39 is 0 Å². The molecule has 4 fully saturated rings. The van der Waals surface area contributed by atoms with Crippen molar-refractivity contribution in [2.75, 3.05) is 0 Å². The standard InChI is InChI=1S/C23H34O2/c1-2-3-4-7-21(25)15-22-11-17-9-18(12-22)14-23(13-17,16-22)19-6-5-8-20(24)10-19/h5-6,8,10,17-18,21,24-25H,2-4,7,9,11-16H2,1H3. The zero-order valence-electron chi connectivity index (χ0n) is 15.7. The van der Waals surface area contributed by atoms with Crippen LogP contribution >= 0.6 is 0 Å². The van der Waals surface area contributed by atoms with Crippen molar-refractivity contribution in [2.45, 2.75) is 89.1 Å². The van der Waals surface area contributed by atoms with E-state index in [0.29, 0.717) is 11.2 Å². The summed E-state index contributed by atoms with van der Waals surface area (Å²) in [6.07, 6.45) is 13.3. The molecule has 0 amide bonds. The van der Waals surface area contributed by atoms with E-state index in [0.717, 1.165) is 31.1 Å². The van der Waals surface area contributed by atoms with Gasteiger partial charge < -0.3 is 10.2 Å². The van der Waals surface area contributed by atoms with Gasteiger partial charge in [-0.2, -0.15) is 0 Å². The molecule has 0 aliphatic heterocycles. The number of aliphatic hydroxyl groups excluding tert-OH is 1. The number of phenols is 1. The number of aliphatic hydroxyl groups is 1. The second-order valence-corrected chi connectivity index (χ2v) is 9.65. The van der Waals surface area contributed by atoms with E-state index in [4.69, 9.17) is 0 Å². The third-order valence-electron chi connectivity index (χ3n) is 7.45. The van der Waals surface area contributed by atoms with Crippen molar-refractivity contribution in [2.24, 2.45) is 17.3 Å². The molecule has 4 aliphatic carbocycles. The molecule has 2 heteroatoms. The molecule has 4 bridgehead atoms. The summed E-state index contributed by atoms with van der Waals surface area (Å²) in [6.45, 7) is 2.23. The molecule has 4 aliphatic rings. The van der Waals surface area contributed by atoms with Crippen LogP contribution in [0.5, 0.6) is 5.75 Å². The van der Waals surface area contributed by atoms with E-state index in [9.17, 15) is 10.2 Å². The summed E-state index contributed by atoms with van der Waals surface area (Å²) in [5.41, 5.74) is 1.96. The van der Waals surface area contributed by atoms with Gasteiger partial charge in [0.25, 0.3) is 0 Å². The Hall–Kier alpha value is -1.02. The van der Waals surface area contributed by atoms with Gasteiger partial charge in [-0.05, 0) is 91.7 Å². The van der Waals surface area contributed by atoms with Crippen LogP contribution in [0.25, 0.3) is 0 Å². The maximum atomic E-state index is 10.7. The minimum Gasteiger partial charge on any atom is -0.508 e. The fourth-order valence-corrected chi connectivity index (χ4v) is 7.10. The Balaban J connectivity index is 1.55. The number of hydrogen-bond donors (Lipinski definition) is 2. The second kappa shape index (κ2) is 6.61. The van der Waals surface area contributed by atoms with Crippen LogP contribution in [-0.2, 0) is 5.41 Å². The van der Waals surface area contributed by atoms with Crippen molar-refractivity contribution < 1.29 is 10.2 Å². The molecule has 3 atom stereocenters. The Bertz CT molecular complexity index is 594. The number of rotatable bonds is 7. The van der Waals surface area contributed by atoms with Gasteiger partial charge in [0.05, 0.1) is 6.10 Å². The first-order chi connectivity index (χ1) is 12.0. The lowest BCUT2D eigenvalue weighted by Crippen LogP contribution is -2.54. The first-order valence-corrected chi connectivity index (χ1v) is 10.5. The highest BCUT2D eigenvalue weighted by Crippen LogP contribution is 2.67. The molecule has 0 heterocycles. The van der Waals surface area contributed by atoms with E-state index in [1.54, 1.807) is 6.07 Å². The SMILES string of the molecule is CCCCCC(O)CC12CC3CC(C1)CC(c1cccc(O)c1)(C3)C2. The van der Waals surface area contributed by atoms with Crippen molar-refractivity contribution >= 4 is 0 Å². The maximum absolute atomic E-state index is 10.7. The Morgan fingerprint density at radius 3 is 2.56 bits per heavy atom. The Morgan fingerprint density at radius 2 is 1.88 bits per heavy atom. The van der Waals surface area contributed by atoms with Gasteiger partial charge in [0, 0.05) is 0 Å². The van der Waals surface area contributed by atoms with E-state index in [1.165, 1.54) is 56.9 Å². The van der Waals surface area contributed by atoms with Gasteiger partial charge in [-0.1, -0.05) is 38.3 Å². The summed E-state index contributed by atoms with van der Waals surface area (Å²) in [5, 5.41) is 20.7. The monoisotopic (exact) mass is 342 g/mol. The first kappa shape index (κ1) is 17.4. The average molecular weight is 343 g/mol. The fraction of sp³-hybridized carbons (Fsp3) is 0.739. The van der Waals surface area contributed by atoms with Gasteiger partial charge in [0.15, 0.2) is 0 Å². The number of hydrogen-bond acceptors (Lipinski definition) is 2. The topological polar surface area (TPSA) is 40.5 Å². The van der Waals surface area contributed by atoms with Crippen LogP contribution in [0.3, 0.4) is 0 Å². The number of phenolic OH excluding ortho intramolecular Hbond substituents is 1. The van der Waals surface area contributed by atoms with Gasteiger partial charge in [-0.3, -0.25) is 0 Å². The number of unbranched alkanes of at least 4 members (excludes halogenated alkanes) is 2. The highest BCUT2D eigenvalue weighted by Gasteiger charge is 2.58. The molecule has 0 saturated heterocycles. The summed E-state index contributed by atoms with van der Waals surface area (Å²) in [6, 6.07) is 8.05. The van der Waals surface area contributed by atoms with E-state index in [-0.39, 0.29) is 11.5 Å². The van der Waals surface area contributed by atoms with Crippen LogP contribution < -0.4 is 0 Å². The van der Waals surface area contributed by atoms with E-state index >= 15 is 0 Å². The Labute approximate surface area is 152 Å². The van der Waals surface area contributed by atoms with Crippen LogP contribution in [0.1, 0.15) is 83.1 Å². The van der Waals surface area contributed by atoms with Crippen LogP contribution in [0.15, 0.2) is 24.3 Å². The molecule has 1 aromatic carbocycles. The van der Waals surface area contributed by atoms with Crippen LogP contribution in [0.2, 0.25) is 0 Å². The van der Waals surface area contributed by atoms with Gasteiger partial charge >= 0.3 is 0 Å². The van der Waals surface area contributed by atoms with Crippen molar-refractivity contribution in [3.63, 3.8) is 0 Å². The van der Waals surface area contributed by atoms with Gasteiger partial charge in [0.1, 0.15) is 5.75 Å². The molecule has 0 aromatic heterocycles. The highest BCUT2D eigenvalue weighted by molar-refractivity contribution is 5.36. The predicted molar refractivity (Wildman–Crippen MR) is 102 cm³/mol. The van der Waals surface area contributed by atoms with E-state index in [1.807, 2.05) is 12.1 Å². The summed E-state index contributed by atoms with van der Waals surface area (Å²) in [4.78, 5) is 0. The third kappa shape index (κ3) is 3.35. The lowest BCUT2D eigenvalue weighted by atomic mass is 9.42. The Morgan fingerprint density at radius 1 is 1.12 bits per heavy atom. The second-order valence-electron chi connectivity index (χ2n) is 9.65. The molecular weight excluding hydrogens is 308 g/mol. The highest BCUT2D eigenvalue weighted by atomic mass is 16.3. The minimum absolute atomic E-state index is 0.121. The van der Waals surface area contributed by atoms with Gasteiger partial charge in [-0.15, -0.1) is 0 Å². The van der Waals surface area contributed by atoms with E-state index in [2.05, 4.69) is 13.0 Å². The summed E-state index contributed by atoms with van der Waals surface area (Å²) in [5.74, 6) is 2.06. The van der Waals surface area contributed by atoms with Crippen LogP contribution in [-0.4, -0.2) is 16.3 Å². The molecule has 1 aromatic rings. The van der Waals surface area contributed by atoms with Crippen molar-refractivity contribution in [3.8, 4) is 5.75 Å². The summed E-state index contributed by atoms with van der Waals surface area (Å²) < 4.78 is 0. The fourth-order valence-electron chi connectivity index (χ4n) is 7.10. The molecule has 138 valence electrons. The van der Waals surface area contributed by atoms with Crippen molar-refractivity contribution in [1.82, 2.24) is 0 Å². The van der Waals surface area contributed by atoms with Gasteiger partial charge in [0.2, 0.25) is 0 Å². The molecule has 3 unspecified atom stereocenters. The largest absolute Gasteiger partial charge is 0.508 e. The zero-order chi connectivity index (χ0) is 17.5. The lowest BCUT2D eigenvalue weighted by Gasteiger charge is -2.63. The minimum atomic E-state index is -0.121. The molecule has 5 rings (SSSR count). The number of benzene rings is 1. The predicted octanol–water partition coefficient (Wildman–Crippen LogP) is 5.56. The molecule has 2 N–H and O–H groups in total. The number of aromatic hydroxyl groups is 1. The Kier molecular flexibility index (Phi) is 4.60. The van der Waals surface area contributed by atoms with Crippen LogP contribution in [0, 0.1) is 17.3 Å².